The molecule has 1 aliphatic heterocycles. The topological polar surface area (TPSA) is 49.4 Å². The lowest BCUT2D eigenvalue weighted by molar-refractivity contribution is 0.220. The molecular weight excluding hydrogens is 248 g/mol. The van der Waals surface area contributed by atoms with Crippen molar-refractivity contribution in [2.24, 2.45) is 5.92 Å². The van der Waals surface area contributed by atoms with Gasteiger partial charge in [-0.25, -0.2) is 8.42 Å². The van der Waals surface area contributed by atoms with Gasteiger partial charge in [0.1, 0.15) is 0 Å². The number of sulfonamides is 1. The van der Waals surface area contributed by atoms with E-state index in [1.54, 1.807) is 4.31 Å². The maximum absolute atomic E-state index is 12.3. The Morgan fingerprint density at radius 1 is 1.22 bits per heavy atom. The van der Waals surface area contributed by atoms with Gasteiger partial charge in [0.25, 0.3) is 0 Å². The number of rotatable bonds is 6. The second-order valence-electron chi connectivity index (χ2n) is 5.99. The quantitative estimate of drug-likeness (QED) is 0.748. The molecule has 18 heavy (non-hydrogen) atoms. The Kier molecular flexibility index (Phi) is 4.67. The first kappa shape index (κ1) is 14.3. The first-order valence-corrected chi connectivity index (χ1v) is 8.83. The molecule has 2 rings (SSSR count). The van der Waals surface area contributed by atoms with Gasteiger partial charge in [-0.3, -0.25) is 0 Å². The molecule has 2 fully saturated rings. The van der Waals surface area contributed by atoms with Crippen LogP contribution in [-0.2, 0) is 10.0 Å². The second-order valence-corrected chi connectivity index (χ2v) is 8.03. The van der Waals surface area contributed by atoms with Crippen molar-refractivity contribution in [3.05, 3.63) is 0 Å². The van der Waals surface area contributed by atoms with E-state index in [0.29, 0.717) is 24.3 Å². The first-order chi connectivity index (χ1) is 8.49. The van der Waals surface area contributed by atoms with Gasteiger partial charge in [0.05, 0.1) is 5.75 Å². The van der Waals surface area contributed by atoms with Crippen molar-refractivity contribution in [1.29, 1.82) is 0 Å². The molecule has 1 aliphatic carbocycles. The fourth-order valence-corrected chi connectivity index (χ4v) is 4.53. The minimum atomic E-state index is -3.04. The van der Waals surface area contributed by atoms with Gasteiger partial charge in [-0.15, -0.1) is 0 Å². The third kappa shape index (κ3) is 3.93. The molecule has 1 saturated heterocycles. The zero-order valence-electron chi connectivity index (χ0n) is 11.6. The van der Waals surface area contributed by atoms with Crippen LogP contribution in [0.15, 0.2) is 0 Å². The minimum Gasteiger partial charge on any atom is -0.314 e. The summed E-state index contributed by atoms with van der Waals surface area (Å²) < 4.78 is 26.2. The van der Waals surface area contributed by atoms with E-state index in [4.69, 9.17) is 0 Å². The zero-order chi connectivity index (χ0) is 13.2. The summed E-state index contributed by atoms with van der Waals surface area (Å²) in [5, 5.41) is 3.37. The van der Waals surface area contributed by atoms with Crippen molar-refractivity contribution < 1.29 is 8.42 Å². The molecule has 106 valence electrons. The molecule has 1 saturated carbocycles. The van der Waals surface area contributed by atoms with E-state index in [1.807, 2.05) is 6.92 Å². The lowest BCUT2D eigenvalue weighted by Gasteiger charge is -2.35. The molecule has 0 aromatic rings. The van der Waals surface area contributed by atoms with Crippen LogP contribution in [0.5, 0.6) is 0 Å². The van der Waals surface area contributed by atoms with Crippen LogP contribution in [0.3, 0.4) is 0 Å². The maximum Gasteiger partial charge on any atom is 0.214 e. The molecule has 0 aromatic heterocycles. The summed E-state index contributed by atoms with van der Waals surface area (Å²) in [7, 11) is -3.04. The van der Waals surface area contributed by atoms with E-state index in [9.17, 15) is 8.42 Å². The van der Waals surface area contributed by atoms with Gasteiger partial charge >= 0.3 is 0 Å². The van der Waals surface area contributed by atoms with Crippen molar-refractivity contribution in [2.45, 2.75) is 58.0 Å². The average Bonchev–Trinajstić information content (AvgIpc) is 3.07. The average molecular weight is 274 g/mol. The van der Waals surface area contributed by atoms with Crippen LogP contribution in [0, 0.1) is 5.92 Å². The number of hydrogen-bond donors (Lipinski definition) is 1. The molecule has 2 unspecified atom stereocenters. The van der Waals surface area contributed by atoms with Gasteiger partial charge in [-0.1, -0.05) is 6.92 Å². The Morgan fingerprint density at radius 2 is 1.94 bits per heavy atom. The van der Waals surface area contributed by atoms with E-state index < -0.39 is 10.0 Å². The molecular formula is C13H26N2O2S. The third-order valence-corrected chi connectivity index (χ3v) is 6.09. The van der Waals surface area contributed by atoms with Gasteiger partial charge in [-0.05, 0) is 51.5 Å². The molecule has 0 radical (unpaired) electrons. The molecule has 0 bridgehead atoms. The van der Waals surface area contributed by atoms with Crippen LogP contribution in [0.1, 0.15) is 46.0 Å². The maximum atomic E-state index is 12.3. The van der Waals surface area contributed by atoms with E-state index in [-0.39, 0.29) is 6.04 Å². The molecule has 0 spiro atoms. The zero-order valence-corrected chi connectivity index (χ0v) is 12.4. The van der Waals surface area contributed by atoms with Gasteiger partial charge in [0.2, 0.25) is 10.0 Å². The van der Waals surface area contributed by atoms with Gasteiger partial charge < -0.3 is 5.32 Å². The fourth-order valence-electron chi connectivity index (χ4n) is 2.76. The SMILES string of the molecule is CC1CCN(S(=O)(=O)CCCNC2CC2)C(C)C1. The van der Waals surface area contributed by atoms with Gasteiger partial charge in [-0.2, -0.15) is 4.31 Å². The summed E-state index contributed by atoms with van der Waals surface area (Å²) in [6.45, 7) is 5.79. The summed E-state index contributed by atoms with van der Waals surface area (Å²) in [5.41, 5.74) is 0. The van der Waals surface area contributed by atoms with Crippen LogP contribution in [0.4, 0.5) is 0 Å². The van der Waals surface area contributed by atoms with E-state index in [1.165, 1.54) is 12.8 Å². The molecule has 1 N–H and O–H groups in total. The van der Waals surface area contributed by atoms with E-state index in [2.05, 4.69) is 12.2 Å². The van der Waals surface area contributed by atoms with Crippen molar-refractivity contribution in [3.63, 3.8) is 0 Å². The lowest BCUT2D eigenvalue weighted by Crippen LogP contribution is -2.45. The van der Waals surface area contributed by atoms with Gasteiger partial charge in [0, 0.05) is 18.6 Å². The number of piperidine rings is 1. The summed E-state index contributed by atoms with van der Waals surface area (Å²) in [5.74, 6) is 0.953. The first-order valence-electron chi connectivity index (χ1n) is 7.22. The van der Waals surface area contributed by atoms with E-state index >= 15 is 0 Å². The third-order valence-electron chi connectivity index (χ3n) is 4.02. The van der Waals surface area contributed by atoms with E-state index in [0.717, 1.165) is 25.8 Å². The van der Waals surface area contributed by atoms with Crippen molar-refractivity contribution in [3.8, 4) is 0 Å². The summed E-state index contributed by atoms with van der Waals surface area (Å²) in [4.78, 5) is 0. The number of nitrogens with one attached hydrogen (secondary N) is 1. The Balaban J connectivity index is 1.77. The monoisotopic (exact) mass is 274 g/mol. The highest BCUT2D eigenvalue weighted by Gasteiger charge is 2.31. The molecule has 2 aliphatic rings. The van der Waals surface area contributed by atoms with Crippen LogP contribution in [0.25, 0.3) is 0 Å². The highest BCUT2D eigenvalue weighted by atomic mass is 32.2. The molecule has 0 aromatic carbocycles. The van der Waals surface area contributed by atoms with Crippen LogP contribution in [-0.4, -0.2) is 43.6 Å². The molecule has 0 amide bonds. The van der Waals surface area contributed by atoms with Gasteiger partial charge in [0.15, 0.2) is 0 Å². The molecule has 4 nitrogen and oxygen atoms in total. The Morgan fingerprint density at radius 3 is 2.56 bits per heavy atom. The standard InChI is InChI=1S/C13H26N2O2S/c1-11-6-8-15(12(2)10-11)18(16,17)9-3-7-14-13-4-5-13/h11-14H,3-10H2,1-2H3. The fraction of sp³-hybridized carbons (Fsp3) is 1.00. The molecule has 5 heteroatoms. The second kappa shape index (κ2) is 5.88. The summed E-state index contributed by atoms with van der Waals surface area (Å²) in [6, 6.07) is 0.845. The molecule has 1 heterocycles. The van der Waals surface area contributed by atoms with Crippen molar-refractivity contribution >= 4 is 10.0 Å². The molecule has 2 atom stereocenters. The minimum absolute atomic E-state index is 0.176. The Bertz CT molecular complexity index is 365. The van der Waals surface area contributed by atoms with Crippen molar-refractivity contribution in [1.82, 2.24) is 9.62 Å². The summed E-state index contributed by atoms with van der Waals surface area (Å²) >= 11 is 0. The smallest absolute Gasteiger partial charge is 0.214 e. The van der Waals surface area contributed by atoms with Crippen molar-refractivity contribution in [2.75, 3.05) is 18.8 Å². The highest BCUT2D eigenvalue weighted by molar-refractivity contribution is 7.89. The Labute approximate surface area is 111 Å². The normalized spacial score (nSPS) is 30.6. The predicted molar refractivity (Wildman–Crippen MR) is 74.0 cm³/mol. The predicted octanol–water partition coefficient (Wildman–Crippen LogP) is 1.58. The number of hydrogen-bond acceptors (Lipinski definition) is 3. The number of nitrogens with zero attached hydrogens (tertiary/aromatic N) is 1. The highest BCUT2D eigenvalue weighted by Crippen LogP contribution is 2.25. The summed E-state index contributed by atoms with van der Waals surface area (Å²) in [6.07, 6.45) is 5.25. The largest absolute Gasteiger partial charge is 0.314 e. The van der Waals surface area contributed by atoms with Crippen LogP contribution >= 0.6 is 0 Å². The Hall–Kier alpha value is -0.130. The van der Waals surface area contributed by atoms with Crippen LogP contribution < -0.4 is 5.32 Å². The van der Waals surface area contributed by atoms with Crippen LogP contribution in [0.2, 0.25) is 0 Å². The lowest BCUT2D eigenvalue weighted by atomic mass is 9.95.